The van der Waals surface area contributed by atoms with Gasteiger partial charge in [0.05, 0.1) is 0 Å². The van der Waals surface area contributed by atoms with Gasteiger partial charge < -0.3 is 0 Å². The van der Waals surface area contributed by atoms with Crippen molar-refractivity contribution in [3.63, 3.8) is 0 Å². The summed E-state index contributed by atoms with van der Waals surface area (Å²) in [5.41, 5.74) is 1.20. The maximum Gasteiger partial charge on any atom is 0.00533 e. The number of hydrogen-bond acceptors (Lipinski definition) is 1. The molecular formula is C16H31N. The molecule has 2 fully saturated rings. The lowest BCUT2D eigenvalue weighted by atomic mass is 9.57. The molecule has 1 spiro atoms. The topological polar surface area (TPSA) is 3.24 Å². The molecule has 2 aliphatic rings. The third-order valence-electron chi connectivity index (χ3n) is 5.35. The van der Waals surface area contributed by atoms with Crippen molar-refractivity contribution in [2.24, 2.45) is 22.7 Å². The van der Waals surface area contributed by atoms with Crippen LogP contribution in [0.3, 0.4) is 0 Å². The van der Waals surface area contributed by atoms with Gasteiger partial charge in [0.15, 0.2) is 0 Å². The maximum absolute atomic E-state index is 2.64. The highest BCUT2D eigenvalue weighted by Gasteiger charge is 2.49. The molecule has 0 aromatic carbocycles. The van der Waals surface area contributed by atoms with Gasteiger partial charge in [-0.05, 0) is 55.8 Å². The van der Waals surface area contributed by atoms with Crippen LogP contribution in [-0.2, 0) is 0 Å². The second-order valence-electron chi connectivity index (χ2n) is 8.19. The highest BCUT2D eigenvalue weighted by atomic mass is 15.2. The number of nitrogens with zero attached hydrogens (tertiary/aromatic N) is 1. The van der Waals surface area contributed by atoms with Crippen molar-refractivity contribution in [1.82, 2.24) is 4.90 Å². The van der Waals surface area contributed by atoms with Crippen LogP contribution in [0.25, 0.3) is 0 Å². The lowest BCUT2D eigenvalue weighted by molar-refractivity contribution is -0.0839. The molecule has 1 saturated heterocycles. The summed E-state index contributed by atoms with van der Waals surface area (Å²) in [7, 11) is 0. The Morgan fingerprint density at radius 3 is 2.18 bits per heavy atom. The van der Waals surface area contributed by atoms with Crippen molar-refractivity contribution in [2.45, 2.75) is 66.8 Å². The predicted octanol–water partition coefficient (Wildman–Crippen LogP) is 4.18. The van der Waals surface area contributed by atoms with E-state index in [0.717, 1.165) is 17.9 Å². The molecule has 1 saturated carbocycles. The molecular weight excluding hydrogens is 206 g/mol. The Morgan fingerprint density at radius 2 is 1.76 bits per heavy atom. The SMILES string of the molecule is CC1CC2(CCC1C(C)(C)C)CN(C(C)C)C2. The minimum atomic E-state index is 0.502. The van der Waals surface area contributed by atoms with Crippen molar-refractivity contribution in [1.29, 1.82) is 0 Å². The Labute approximate surface area is 108 Å². The van der Waals surface area contributed by atoms with Gasteiger partial charge in [-0.25, -0.2) is 0 Å². The molecule has 0 bridgehead atoms. The fraction of sp³-hybridized carbons (Fsp3) is 1.00. The van der Waals surface area contributed by atoms with Crippen LogP contribution in [0.15, 0.2) is 0 Å². The van der Waals surface area contributed by atoms with Crippen molar-refractivity contribution in [2.75, 3.05) is 13.1 Å². The molecule has 1 heterocycles. The van der Waals surface area contributed by atoms with Crippen molar-refractivity contribution < 1.29 is 0 Å². The Balaban J connectivity index is 1.93. The minimum absolute atomic E-state index is 0.502. The Hall–Kier alpha value is -0.0400. The lowest BCUT2D eigenvalue weighted by Crippen LogP contribution is -2.61. The highest BCUT2D eigenvalue weighted by molar-refractivity contribution is 5.01. The Kier molecular flexibility index (Phi) is 3.36. The molecule has 1 aliphatic carbocycles. The third-order valence-corrected chi connectivity index (χ3v) is 5.35. The standard InChI is InChI=1S/C16H31N/c1-12(2)17-10-16(11-17)8-7-14(13(3)9-16)15(4,5)6/h12-14H,7-11H2,1-6H3. The summed E-state index contributed by atoms with van der Waals surface area (Å²) in [4.78, 5) is 2.64. The lowest BCUT2D eigenvalue weighted by Gasteiger charge is -2.58. The van der Waals surface area contributed by atoms with E-state index in [2.05, 4.69) is 46.4 Å². The third kappa shape index (κ3) is 2.54. The average molecular weight is 237 g/mol. The first kappa shape index (κ1) is 13.4. The molecule has 1 heteroatoms. The number of hydrogen-bond donors (Lipinski definition) is 0. The molecule has 17 heavy (non-hydrogen) atoms. The first-order chi connectivity index (χ1) is 7.73. The van der Waals surface area contributed by atoms with Crippen LogP contribution in [0.5, 0.6) is 0 Å². The van der Waals surface area contributed by atoms with E-state index < -0.39 is 0 Å². The summed E-state index contributed by atoms with van der Waals surface area (Å²) in [6.07, 6.45) is 4.40. The average Bonchev–Trinajstić information content (AvgIpc) is 2.11. The van der Waals surface area contributed by atoms with Gasteiger partial charge in [-0.15, -0.1) is 0 Å². The Bertz CT molecular complexity index is 268. The van der Waals surface area contributed by atoms with Crippen molar-refractivity contribution in [3.8, 4) is 0 Å². The quantitative estimate of drug-likeness (QED) is 0.661. The van der Waals surface area contributed by atoms with Crippen LogP contribution in [0, 0.1) is 22.7 Å². The summed E-state index contributed by atoms with van der Waals surface area (Å²) >= 11 is 0. The number of rotatable bonds is 1. The van der Waals surface area contributed by atoms with Gasteiger partial charge in [-0.1, -0.05) is 27.7 Å². The molecule has 0 aromatic heterocycles. The van der Waals surface area contributed by atoms with Gasteiger partial charge in [-0.2, -0.15) is 0 Å². The zero-order valence-electron chi connectivity index (χ0n) is 12.7. The van der Waals surface area contributed by atoms with E-state index in [1.807, 2.05) is 0 Å². The monoisotopic (exact) mass is 237 g/mol. The van der Waals surface area contributed by atoms with Crippen LogP contribution in [0.2, 0.25) is 0 Å². The van der Waals surface area contributed by atoms with Crippen LogP contribution >= 0.6 is 0 Å². The van der Waals surface area contributed by atoms with E-state index in [0.29, 0.717) is 10.8 Å². The second-order valence-corrected chi connectivity index (χ2v) is 8.19. The highest BCUT2D eigenvalue weighted by Crippen LogP contribution is 2.52. The summed E-state index contributed by atoms with van der Waals surface area (Å²) in [5, 5.41) is 0. The van der Waals surface area contributed by atoms with E-state index >= 15 is 0 Å². The fourth-order valence-electron chi connectivity index (χ4n) is 4.43. The van der Waals surface area contributed by atoms with Gasteiger partial charge in [0.25, 0.3) is 0 Å². The van der Waals surface area contributed by atoms with Crippen LogP contribution in [-0.4, -0.2) is 24.0 Å². The molecule has 100 valence electrons. The summed E-state index contributed by atoms with van der Waals surface area (Å²) in [6, 6.07) is 0.747. The predicted molar refractivity (Wildman–Crippen MR) is 75.1 cm³/mol. The molecule has 2 rings (SSSR count). The smallest absolute Gasteiger partial charge is 0.00533 e. The van der Waals surface area contributed by atoms with Crippen LogP contribution in [0.1, 0.15) is 60.8 Å². The largest absolute Gasteiger partial charge is 0.300 e. The molecule has 1 aliphatic heterocycles. The Morgan fingerprint density at radius 1 is 1.18 bits per heavy atom. The first-order valence-corrected chi connectivity index (χ1v) is 7.48. The summed E-state index contributed by atoms with van der Waals surface area (Å²) in [5.74, 6) is 1.85. The zero-order valence-corrected chi connectivity index (χ0v) is 12.7. The molecule has 2 atom stereocenters. The van der Waals surface area contributed by atoms with Crippen LogP contribution in [0.4, 0.5) is 0 Å². The number of likely N-dealkylation sites (tertiary alicyclic amines) is 1. The molecule has 0 amide bonds. The van der Waals surface area contributed by atoms with Gasteiger partial charge in [0, 0.05) is 19.1 Å². The first-order valence-electron chi connectivity index (χ1n) is 7.48. The summed E-state index contributed by atoms with van der Waals surface area (Å²) < 4.78 is 0. The van der Waals surface area contributed by atoms with E-state index in [9.17, 15) is 0 Å². The van der Waals surface area contributed by atoms with Gasteiger partial charge in [0.1, 0.15) is 0 Å². The van der Waals surface area contributed by atoms with Crippen molar-refractivity contribution >= 4 is 0 Å². The molecule has 0 radical (unpaired) electrons. The molecule has 2 unspecified atom stereocenters. The van der Waals surface area contributed by atoms with Gasteiger partial charge in [0.2, 0.25) is 0 Å². The van der Waals surface area contributed by atoms with Gasteiger partial charge in [-0.3, -0.25) is 4.90 Å². The summed E-state index contributed by atoms with van der Waals surface area (Å²) in [6.45, 7) is 17.2. The van der Waals surface area contributed by atoms with E-state index in [1.165, 1.54) is 32.4 Å². The maximum atomic E-state index is 2.64. The van der Waals surface area contributed by atoms with E-state index in [-0.39, 0.29) is 0 Å². The van der Waals surface area contributed by atoms with Gasteiger partial charge >= 0.3 is 0 Å². The fourth-order valence-corrected chi connectivity index (χ4v) is 4.43. The van der Waals surface area contributed by atoms with E-state index in [4.69, 9.17) is 0 Å². The normalized spacial score (nSPS) is 34.1. The minimum Gasteiger partial charge on any atom is -0.300 e. The molecule has 0 aromatic rings. The molecule has 1 nitrogen and oxygen atoms in total. The molecule has 0 N–H and O–H groups in total. The zero-order chi connectivity index (χ0) is 12.8. The van der Waals surface area contributed by atoms with E-state index in [1.54, 1.807) is 0 Å². The van der Waals surface area contributed by atoms with Crippen molar-refractivity contribution in [3.05, 3.63) is 0 Å². The van der Waals surface area contributed by atoms with Crippen LogP contribution < -0.4 is 0 Å². The second kappa shape index (κ2) is 4.26.